The Morgan fingerprint density at radius 3 is 2.67 bits per heavy atom. The van der Waals surface area contributed by atoms with Crippen LogP contribution in [0.4, 0.5) is 5.69 Å². The van der Waals surface area contributed by atoms with E-state index in [0.29, 0.717) is 6.42 Å². The van der Waals surface area contributed by atoms with E-state index in [1.54, 1.807) is 6.92 Å². The van der Waals surface area contributed by atoms with Gasteiger partial charge in [-0.15, -0.1) is 0 Å². The van der Waals surface area contributed by atoms with Gasteiger partial charge in [-0.3, -0.25) is 14.9 Å². The quantitative estimate of drug-likeness (QED) is 0.623. The molecule has 0 radical (unpaired) electrons. The average Bonchev–Trinajstić information content (AvgIpc) is 2.33. The molecule has 1 atom stereocenters. The molecule has 7 heteroatoms. The number of nitro groups is 1. The maximum absolute atomic E-state index is 12.1. The Morgan fingerprint density at radius 2 is 2.14 bits per heavy atom. The number of amides is 1. The van der Waals surface area contributed by atoms with Crippen molar-refractivity contribution in [2.75, 3.05) is 6.54 Å². The summed E-state index contributed by atoms with van der Waals surface area (Å²) in [5, 5.41) is 23.5. The number of nitro benzene ring substituents is 1. The van der Waals surface area contributed by atoms with Crippen LogP contribution < -0.4 is 5.32 Å². The van der Waals surface area contributed by atoms with Crippen molar-refractivity contribution < 1.29 is 14.8 Å². The Morgan fingerprint density at radius 1 is 1.52 bits per heavy atom. The molecule has 0 aliphatic heterocycles. The lowest BCUT2D eigenvalue weighted by molar-refractivity contribution is -0.385. The molecular formula is C14H19ClN2O4. The normalized spacial score (nSPS) is 13.8. The van der Waals surface area contributed by atoms with Gasteiger partial charge >= 0.3 is 5.69 Å². The first kappa shape index (κ1) is 17.4. The summed E-state index contributed by atoms with van der Waals surface area (Å²) in [7, 11) is 0. The van der Waals surface area contributed by atoms with Crippen molar-refractivity contribution >= 4 is 23.2 Å². The predicted molar refractivity (Wildman–Crippen MR) is 80.5 cm³/mol. The van der Waals surface area contributed by atoms with E-state index in [1.165, 1.54) is 18.2 Å². The van der Waals surface area contributed by atoms with Crippen molar-refractivity contribution in [1.82, 2.24) is 5.32 Å². The minimum atomic E-state index is -1.07. The third-order valence-electron chi connectivity index (χ3n) is 2.89. The average molecular weight is 315 g/mol. The molecule has 116 valence electrons. The lowest BCUT2D eigenvalue weighted by Crippen LogP contribution is -2.41. The zero-order valence-corrected chi connectivity index (χ0v) is 13.0. The number of hydrogen-bond acceptors (Lipinski definition) is 4. The van der Waals surface area contributed by atoms with E-state index in [1.807, 2.05) is 13.8 Å². The molecule has 0 bridgehead atoms. The van der Waals surface area contributed by atoms with Gasteiger partial charge in [0.15, 0.2) is 0 Å². The first-order chi connectivity index (χ1) is 9.64. The van der Waals surface area contributed by atoms with Crippen molar-refractivity contribution in [3.8, 4) is 0 Å². The van der Waals surface area contributed by atoms with Crippen LogP contribution in [0.2, 0.25) is 5.02 Å². The standard InChI is InChI=1S/C14H19ClN2O4/c1-9(2)7-14(3,19)8-16-13(18)10-5-4-6-11(15)12(10)17(20)21/h4-6,9,19H,7-8H2,1-3H3,(H,16,18). The van der Waals surface area contributed by atoms with Gasteiger partial charge in [-0.2, -0.15) is 0 Å². The molecule has 0 aliphatic rings. The Labute approximate surface area is 128 Å². The number of benzene rings is 1. The van der Waals surface area contributed by atoms with Crippen LogP contribution in [-0.2, 0) is 0 Å². The van der Waals surface area contributed by atoms with Crippen molar-refractivity contribution in [3.05, 3.63) is 38.9 Å². The van der Waals surface area contributed by atoms with Crippen molar-refractivity contribution in [3.63, 3.8) is 0 Å². The highest BCUT2D eigenvalue weighted by atomic mass is 35.5. The highest BCUT2D eigenvalue weighted by Gasteiger charge is 2.26. The second-order valence-electron chi connectivity index (χ2n) is 5.67. The monoisotopic (exact) mass is 314 g/mol. The summed E-state index contributed by atoms with van der Waals surface area (Å²) in [6.07, 6.45) is 0.505. The minimum Gasteiger partial charge on any atom is -0.388 e. The van der Waals surface area contributed by atoms with Crippen molar-refractivity contribution in [2.24, 2.45) is 5.92 Å². The number of aliphatic hydroxyl groups is 1. The van der Waals surface area contributed by atoms with Gasteiger partial charge in [-0.05, 0) is 31.4 Å². The number of nitrogens with zero attached hydrogens (tertiary/aromatic N) is 1. The van der Waals surface area contributed by atoms with E-state index in [4.69, 9.17) is 11.6 Å². The van der Waals surface area contributed by atoms with Crippen molar-refractivity contribution in [2.45, 2.75) is 32.8 Å². The molecule has 0 fully saturated rings. The van der Waals surface area contributed by atoms with Gasteiger partial charge in [0.05, 0.1) is 10.5 Å². The molecule has 2 N–H and O–H groups in total. The number of hydrogen-bond donors (Lipinski definition) is 2. The number of para-hydroxylation sites is 1. The molecule has 6 nitrogen and oxygen atoms in total. The fourth-order valence-corrected chi connectivity index (χ4v) is 2.45. The van der Waals surface area contributed by atoms with E-state index in [2.05, 4.69) is 5.32 Å². The third kappa shape index (κ3) is 4.99. The molecule has 1 aromatic rings. The summed E-state index contributed by atoms with van der Waals surface area (Å²) in [5.41, 5.74) is -1.62. The summed E-state index contributed by atoms with van der Waals surface area (Å²) in [5.74, 6) is -0.370. The van der Waals surface area contributed by atoms with E-state index in [-0.39, 0.29) is 23.0 Å². The third-order valence-corrected chi connectivity index (χ3v) is 3.20. The largest absolute Gasteiger partial charge is 0.388 e. The number of halogens is 1. The van der Waals surface area contributed by atoms with Crippen LogP contribution in [-0.4, -0.2) is 28.1 Å². The molecule has 1 amide bonds. The number of carbonyl (C=O) groups excluding carboxylic acids is 1. The first-order valence-electron chi connectivity index (χ1n) is 6.57. The van der Waals surface area contributed by atoms with Gasteiger partial charge in [-0.1, -0.05) is 31.5 Å². The van der Waals surface area contributed by atoms with Crippen LogP contribution in [0.5, 0.6) is 0 Å². The molecule has 1 aromatic carbocycles. The van der Waals surface area contributed by atoms with Gasteiger partial charge < -0.3 is 10.4 Å². The summed E-state index contributed by atoms with van der Waals surface area (Å²) >= 11 is 5.76. The lowest BCUT2D eigenvalue weighted by Gasteiger charge is -2.25. The predicted octanol–water partition coefficient (Wildman–Crippen LogP) is 2.78. The summed E-state index contributed by atoms with van der Waals surface area (Å²) < 4.78 is 0. The summed E-state index contributed by atoms with van der Waals surface area (Å²) in [6, 6.07) is 4.15. The fourth-order valence-electron chi connectivity index (χ4n) is 2.20. The molecule has 0 saturated carbocycles. The minimum absolute atomic E-state index is 0.00762. The topological polar surface area (TPSA) is 92.5 Å². The van der Waals surface area contributed by atoms with Gasteiger partial charge in [-0.25, -0.2) is 0 Å². The van der Waals surface area contributed by atoms with Crippen LogP contribution in [0.15, 0.2) is 18.2 Å². The molecule has 0 aromatic heterocycles. The Kier molecular flexibility index (Phi) is 5.69. The molecular weight excluding hydrogens is 296 g/mol. The van der Waals surface area contributed by atoms with Gasteiger partial charge in [0.25, 0.3) is 5.91 Å². The smallest absolute Gasteiger partial charge is 0.300 e. The molecule has 1 unspecified atom stereocenters. The summed E-state index contributed by atoms with van der Waals surface area (Å²) in [4.78, 5) is 22.4. The molecule has 0 aliphatic carbocycles. The molecule has 0 heterocycles. The number of carbonyl (C=O) groups is 1. The zero-order valence-electron chi connectivity index (χ0n) is 12.2. The Bertz CT molecular complexity index is 544. The van der Waals surface area contributed by atoms with Crippen molar-refractivity contribution in [1.29, 1.82) is 0 Å². The Balaban J connectivity index is 2.87. The van der Waals surface area contributed by atoms with E-state index in [9.17, 15) is 20.0 Å². The maximum Gasteiger partial charge on any atom is 0.300 e. The van der Waals surface area contributed by atoms with Crippen LogP contribution in [0, 0.1) is 16.0 Å². The van der Waals surface area contributed by atoms with Crippen LogP contribution >= 0.6 is 11.6 Å². The highest BCUT2D eigenvalue weighted by molar-refractivity contribution is 6.33. The SMILES string of the molecule is CC(C)CC(C)(O)CNC(=O)c1cccc(Cl)c1[N+](=O)[O-]. The van der Waals surface area contributed by atoms with Gasteiger partial charge in [0.2, 0.25) is 0 Å². The zero-order chi connectivity index (χ0) is 16.2. The van der Waals surface area contributed by atoms with Crippen LogP contribution in [0.25, 0.3) is 0 Å². The highest BCUT2D eigenvalue weighted by Crippen LogP contribution is 2.28. The lowest BCUT2D eigenvalue weighted by atomic mass is 9.94. The van der Waals surface area contributed by atoms with E-state index < -0.39 is 22.1 Å². The molecule has 1 rings (SSSR count). The number of nitrogens with one attached hydrogen (secondary N) is 1. The van der Waals surface area contributed by atoms with E-state index in [0.717, 1.165) is 0 Å². The fraction of sp³-hybridized carbons (Fsp3) is 0.500. The van der Waals surface area contributed by atoms with E-state index >= 15 is 0 Å². The molecule has 21 heavy (non-hydrogen) atoms. The molecule has 0 saturated heterocycles. The van der Waals surface area contributed by atoms with Crippen LogP contribution in [0.3, 0.4) is 0 Å². The maximum atomic E-state index is 12.1. The second-order valence-corrected chi connectivity index (χ2v) is 6.08. The summed E-state index contributed by atoms with van der Waals surface area (Å²) in [6.45, 7) is 5.53. The first-order valence-corrected chi connectivity index (χ1v) is 6.95. The second kappa shape index (κ2) is 6.87. The Hall–Kier alpha value is -1.66. The molecule has 0 spiro atoms. The van der Waals surface area contributed by atoms with Gasteiger partial charge in [0, 0.05) is 6.54 Å². The van der Waals surface area contributed by atoms with Gasteiger partial charge in [0.1, 0.15) is 10.6 Å². The van der Waals surface area contributed by atoms with Crippen LogP contribution in [0.1, 0.15) is 37.6 Å². The number of rotatable bonds is 6.